The van der Waals surface area contributed by atoms with Crippen LogP contribution in [0.25, 0.3) is 0 Å². The summed E-state index contributed by atoms with van der Waals surface area (Å²) in [4.78, 5) is 12.1. The Morgan fingerprint density at radius 1 is 1.36 bits per heavy atom. The van der Waals surface area contributed by atoms with Crippen molar-refractivity contribution in [3.8, 4) is 6.07 Å². The van der Waals surface area contributed by atoms with Crippen LogP contribution in [0.2, 0.25) is 0 Å². The van der Waals surface area contributed by atoms with Crippen LogP contribution in [0, 0.1) is 11.3 Å². The second-order valence-corrected chi connectivity index (χ2v) is 8.11. The number of hydrogen-bond acceptors (Lipinski definition) is 5. The number of benzene rings is 1. The van der Waals surface area contributed by atoms with Crippen molar-refractivity contribution in [2.45, 2.75) is 36.7 Å². The Morgan fingerprint density at radius 3 is 2.84 bits per heavy atom. The molecule has 0 saturated carbocycles. The standard InChI is InChI=1S/C16H19N5O3S/c1-19-16(22)21-9-8-13(6-7-15(21)18-19)20(2)25(23,24)14-5-3-4-12(10-14)11-17/h3-5,10,13H,6-9H2,1-2H3. The molecular weight excluding hydrogens is 342 g/mol. The molecule has 2 aromatic rings. The van der Waals surface area contributed by atoms with Gasteiger partial charge in [0.2, 0.25) is 10.0 Å². The Balaban J connectivity index is 1.84. The van der Waals surface area contributed by atoms with Gasteiger partial charge in [-0.3, -0.25) is 4.57 Å². The van der Waals surface area contributed by atoms with Crippen molar-refractivity contribution in [2.75, 3.05) is 7.05 Å². The van der Waals surface area contributed by atoms with Crippen LogP contribution >= 0.6 is 0 Å². The third-order valence-corrected chi connectivity index (χ3v) is 6.53. The molecular formula is C16H19N5O3S. The highest BCUT2D eigenvalue weighted by Crippen LogP contribution is 2.23. The van der Waals surface area contributed by atoms with Crippen molar-refractivity contribution in [1.82, 2.24) is 18.7 Å². The summed E-state index contributed by atoms with van der Waals surface area (Å²) >= 11 is 0. The molecule has 9 heteroatoms. The lowest BCUT2D eigenvalue weighted by molar-refractivity contribution is 0.329. The summed E-state index contributed by atoms with van der Waals surface area (Å²) in [5.74, 6) is 0.687. The highest BCUT2D eigenvalue weighted by atomic mass is 32.2. The summed E-state index contributed by atoms with van der Waals surface area (Å²) in [7, 11) is -0.549. The van der Waals surface area contributed by atoms with Crippen molar-refractivity contribution in [3.63, 3.8) is 0 Å². The Labute approximate surface area is 146 Å². The molecule has 1 aromatic heterocycles. The number of nitriles is 1. The molecule has 132 valence electrons. The van der Waals surface area contributed by atoms with Crippen molar-refractivity contribution in [3.05, 3.63) is 46.1 Å². The van der Waals surface area contributed by atoms with Gasteiger partial charge in [-0.05, 0) is 31.0 Å². The Morgan fingerprint density at radius 2 is 2.12 bits per heavy atom. The Kier molecular flexibility index (Phi) is 4.49. The van der Waals surface area contributed by atoms with Gasteiger partial charge in [0, 0.05) is 33.1 Å². The van der Waals surface area contributed by atoms with E-state index in [2.05, 4.69) is 5.10 Å². The van der Waals surface area contributed by atoms with Crippen LogP contribution in [0.1, 0.15) is 24.2 Å². The van der Waals surface area contributed by atoms with Crippen LogP contribution in [-0.4, -0.2) is 40.2 Å². The predicted octanol–water partition coefficient (Wildman–Crippen LogP) is 0.479. The molecule has 0 amide bonds. The Hall–Kier alpha value is -2.44. The van der Waals surface area contributed by atoms with Crippen molar-refractivity contribution >= 4 is 10.0 Å². The first-order valence-electron chi connectivity index (χ1n) is 7.95. The third kappa shape index (κ3) is 3.10. The van der Waals surface area contributed by atoms with Crippen LogP contribution < -0.4 is 5.69 Å². The molecule has 0 saturated heterocycles. The fourth-order valence-corrected chi connectivity index (χ4v) is 4.60. The highest BCUT2D eigenvalue weighted by Gasteiger charge is 2.30. The zero-order valence-corrected chi connectivity index (χ0v) is 14.9. The molecule has 0 aliphatic carbocycles. The number of nitrogens with zero attached hydrogens (tertiary/aromatic N) is 5. The molecule has 2 heterocycles. The molecule has 0 bridgehead atoms. The molecule has 1 atom stereocenters. The fraction of sp³-hybridized carbons (Fsp3) is 0.438. The topological polar surface area (TPSA) is 101 Å². The average Bonchev–Trinajstić information content (AvgIpc) is 2.77. The minimum atomic E-state index is -3.71. The van der Waals surface area contributed by atoms with E-state index in [-0.39, 0.29) is 16.6 Å². The number of aryl methyl sites for hydroxylation is 2. The van der Waals surface area contributed by atoms with E-state index in [1.54, 1.807) is 30.8 Å². The molecule has 25 heavy (non-hydrogen) atoms. The van der Waals surface area contributed by atoms with Gasteiger partial charge >= 0.3 is 5.69 Å². The molecule has 1 aliphatic rings. The fourth-order valence-electron chi connectivity index (χ4n) is 3.14. The van der Waals surface area contributed by atoms with E-state index in [4.69, 9.17) is 5.26 Å². The van der Waals surface area contributed by atoms with Crippen molar-refractivity contribution in [1.29, 1.82) is 5.26 Å². The number of fused-ring (bicyclic) bond motifs is 1. The van der Waals surface area contributed by atoms with Crippen LogP contribution in [0.3, 0.4) is 0 Å². The van der Waals surface area contributed by atoms with Crippen LogP contribution in [-0.2, 0) is 30.0 Å². The number of rotatable bonds is 3. The van der Waals surface area contributed by atoms with E-state index in [1.165, 1.54) is 21.1 Å². The van der Waals surface area contributed by atoms with Crippen molar-refractivity contribution in [2.24, 2.45) is 7.05 Å². The summed E-state index contributed by atoms with van der Waals surface area (Å²) in [6, 6.07) is 7.72. The Bertz CT molecular complexity index is 1000. The lowest BCUT2D eigenvalue weighted by atomic mass is 10.1. The summed E-state index contributed by atoms with van der Waals surface area (Å²) < 4.78 is 30.0. The minimum absolute atomic E-state index is 0.104. The minimum Gasteiger partial charge on any atom is -0.279 e. The SMILES string of the molecule is CN(C1CCc2nn(C)c(=O)n2CC1)S(=O)(=O)c1cccc(C#N)c1. The second kappa shape index (κ2) is 6.46. The molecule has 1 aliphatic heterocycles. The van der Waals surface area contributed by atoms with E-state index in [0.29, 0.717) is 37.2 Å². The van der Waals surface area contributed by atoms with Gasteiger partial charge in [0.15, 0.2) is 0 Å². The van der Waals surface area contributed by atoms with Gasteiger partial charge in [0.05, 0.1) is 16.5 Å². The normalized spacial score (nSPS) is 17.8. The zero-order chi connectivity index (χ0) is 18.2. The van der Waals surface area contributed by atoms with Gasteiger partial charge in [-0.1, -0.05) is 6.07 Å². The summed E-state index contributed by atoms with van der Waals surface area (Å²) in [6.45, 7) is 0.435. The van der Waals surface area contributed by atoms with Gasteiger partial charge in [0.1, 0.15) is 5.82 Å². The van der Waals surface area contributed by atoms with E-state index in [9.17, 15) is 13.2 Å². The molecule has 1 unspecified atom stereocenters. The average molecular weight is 361 g/mol. The third-order valence-electron chi connectivity index (χ3n) is 4.63. The summed E-state index contributed by atoms with van der Waals surface area (Å²) in [5.41, 5.74) is 0.127. The van der Waals surface area contributed by atoms with Gasteiger partial charge < -0.3 is 0 Å². The number of hydrogen-bond donors (Lipinski definition) is 0. The van der Waals surface area contributed by atoms with E-state index in [1.807, 2.05) is 6.07 Å². The molecule has 1 aromatic carbocycles. The zero-order valence-electron chi connectivity index (χ0n) is 14.1. The molecule has 0 spiro atoms. The molecule has 3 rings (SSSR count). The van der Waals surface area contributed by atoms with Crippen LogP contribution in [0.5, 0.6) is 0 Å². The predicted molar refractivity (Wildman–Crippen MR) is 90.3 cm³/mol. The summed E-state index contributed by atoms with van der Waals surface area (Å²) in [5, 5.41) is 13.2. The van der Waals surface area contributed by atoms with E-state index in [0.717, 1.165) is 0 Å². The van der Waals surface area contributed by atoms with Gasteiger partial charge in [-0.15, -0.1) is 0 Å². The first-order valence-corrected chi connectivity index (χ1v) is 9.39. The molecule has 0 fully saturated rings. The smallest absolute Gasteiger partial charge is 0.279 e. The quantitative estimate of drug-likeness (QED) is 0.791. The highest BCUT2D eigenvalue weighted by molar-refractivity contribution is 7.89. The summed E-state index contributed by atoms with van der Waals surface area (Å²) in [6.07, 6.45) is 1.66. The molecule has 0 N–H and O–H groups in total. The second-order valence-electron chi connectivity index (χ2n) is 6.12. The van der Waals surface area contributed by atoms with Gasteiger partial charge in [-0.2, -0.15) is 14.7 Å². The maximum atomic E-state index is 12.9. The molecule has 8 nitrogen and oxygen atoms in total. The van der Waals surface area contributed by atoms with Crippen LogP contribution in [0.15, 0.2) is 34.0 Å². The number of sulfonamides is 1. The van der Waals surface area contributed by atoms with Gasteiger partial charge in [-0.25, -0.2) is 17.9 Å². The number of aromatic nitrogens is 3. The lowest BCUT2D eigenvalue weighted by Gasteiger charge is -2.26. The van der Waals surface area contributed by atoms with E-state index >= 15 is 0 Å². The van der Waals surface area contributed by atoms with E-state index < -0.39 is 10.0 Å². The van der Waals surface area contributed by atoms with Crippen molar-refractivity contribution < 1.29 is 8.42 Å². The maximum absolute atomic E-state index is 12.9. The first kappa shape index (κ1) is 17.4. The molecule has 0 radical (unpaired) electrons. The maximum Gasteiger partial charge on any atom is 0.345 e. The van der Waals surface area contributed by atoms with Gasteiger partial charge in [0.25, 0.3) is 0 Å². The van der Waals surface area contributed by atoms with Crippen LogP contribution in [0.4, 0.5) is 0 Å². The monoisotopic (exact) mass is 361 g/mol. The first-order chi connectivity index (χ1) is 11.8. The lowest BCUT2D eigenvalue weighted by Crippen LogP contribution is -2.37. The largest absolute Gasteiger partial charge is 0.345 e.